The molecule has 0 spiro atoms. The molecule has 2 aliphatic rings. The predicted molar refractivity (Wildman–Crippen MR) is 78.1 cm³/mol. The van der Waals surface area contributed by atoms with Crippen LogP contribution in [-0.4, -0.2) is 36.5 Å². The van der Waals surface area contributed by atoms with Crippen LogP contribution in [0.25, 0.3) is 0 Å². The molecule has 3 heterocycles. The average molecular weight is 275 g/mol. The molecule has 0 bridgehead atoms. The van der Waals surface area contributed by atoms with Crippen LogP contribution in [0.2, 0.25) is 0 Å². The molecule has 1 unspecified atom stereocenters. The van der Waals surface area contributed by atoms with Gasteiger partial charge in [-0.2, -0.15) is 0 Å². The van der Waals surface area contributed by atoms with Gasteiger partial charge < -0.3 is 14.0 Å². The van der Waals surface area contributed by atoms with Gasteiger partial charge >= 0.3 is 7.12 Å². The SMILES string of the molecule is CC1(C)OB(c2ccncc2C2CCOC2)OC1(C)C. The Morgan fingerprint density at radius 3 is 2.50 bits per heavy atom. The zero-order chi connectivity index (χ0) is 14.4. The van der Waals surface area contributed by atoms with Gasteiger partial charge in [-0.3, -0.25) is 4.98 Å². The van der Waals surface area contributed by atoms with E-state index in [9.17, 15) is 0 Å². The van der Waals surface area contributed by atoms with Crippen LogP contribution < -0.4 is 5.46 Å². The molecule has 108 valence electrons. The number of nitrogens with zero attached hydrogens (tertiary/aromatic N) is 1. The van der Waals surface area contributed by atoms with Crippen LogP contribution >= 0.6 is 0 Å². The van der Waals surface area contributed by atoms with E-state index in [1.807, 2.05) is 12.3 Å². The molecule has 2 aliphatic heterocycles. The Labute approximate surface area is 121 Å². The second-order valence-electron chi connectivity index (χ2n) is 6.65. The second-order valence-corrected chi connectivity index (χ2v) is 6.65. The highest BCUT2D eigenvalue weighted by Gasteiger charge is 2.52. The summed E-state index contributed by atoms with van der Waals surface area (Å²) >= 11 is 0. The first-order valence-electron chi connectivity index (χ1n) is 7.28. The molecule has 1 atom stereocenters. The van der Waals surface area contributed by atoms with Crippen molar-refractivity contribution in [1.82, 2.24) is 4.98 Å². The molecule has 3 rings (SSSR count). The van der Waals surface area contributed by atoms with Gasteiger partial charge in [0.15, 0.2) is 0 Å². The topological polar surface area (TPSA) is 40.6 Å². The summed E-state index contributed by atoms with van der Waals surface area (Å²) in [4.78, 5) is 4.27. The molecule has 5 heteroatoms. The van der Waals surface area contributed by atoms with Crippen molar-refractivity contribution in [3.05, 3.63) is 24.0 Å². The Balaban J connectivity index is 1.92. The molecule has 0 amide bonds. The maximum atomic E-state index is 6.16. The van der Waals surface area contributed by atoms with Crippen molar-refractivity contribution in [3.8, 4) is 0 Å². The largest absolute Gasteiger partial charge is 0.495 e. The Kier molecular flexibility index (Phi) is 3.39. The minimum absolute atomic E-state index is 0.315. The molecule has 2 saturated heterocycles. The molecule has 0 aliphatic carbocycles. The van der Waals surface area contributed by atoms with Gasteiger partial charge in [-0.15, -0.1) is 0 Å². The Morgan fingerprint density at radius 1 is 1.20 bits per heavy atom. The van der Waals surface area contributed by atoms with Crippen LogP contribution in [0.3, 0.4) is 0 Å². The molecule has 1 aromatic heterocycles. The fourth-order valence-electron chi connectivity index (χ4n) is 2.72. The van der Waals surface area contributed by atoms with Crippen molar-refractivity contribution in [1.29, 1.82) is 0 Å². The summed E-state index contributed by atoms with van der Waals surface area (Å²) in [5.41, 5.74) is 1.66. The van der Waals surface area contributed by atoms with Crippen LogP contribution in [0.5, 0.6) is 0 Å². The highest BCUT2D eigenvalue weighted by Crippen LogP contribution is 2.37. The van der Waals surface area contributed by atoms with Gasteiger partial charge in [-0.25, -0.2) is 0 Å². The number of hydrogen-bond acceptors (Lipinski definition) is 4. The third kappa shape index (κ3) is 2.28. The number of hydrogen-bond donors (Lipinski definition) is 0. The first-order valence-corrected chi connectivity index (χ1v) is 7.28. The monoisotopic (exact) mass is 275 g/mol. The van der Waals surface area contributed by atoms with Gasteiger partial charge in [0.25, 0.3) is 0 Å². The molecular formula is C15H22BNO3. The molecule has 0 saturated carbocycles. The number of pyridine rings is 1. The lowest BCUT2D eigenvalue weighted by atomic mass is 9.74. The zero-order valence-corrected chi connectivity index (χ0v) is 12.7. The fraction of sp³-hybridized carbons (Fsp3) is 0.667. The molecule has 0 aromatic carbocycles. The van der Waals surface area contributed by atoms with Crippen LogP contribution in [-0.2, 0) is 14.0 Å². The highest BCUT2D eigenvalue weighted by molar-refractivity contribution is 6.62. The lowest BCUT2D eigenvalue weighted by molar-refractivity contribution is 0.00578. The van der Waals surface area contributed by atoms with Crippen molar-refractivity contribution >= 4 is 12.6 Å². The molecule has 4 nitrogen and oxygen atoms in total. The molecule has 0 N–H and O–H groups in total. The van der Waals surface area contributed by atoms with Gasteiger partial charge in [0.1, 0.15) is 0 Å². The molecule has 0 radical (unpaired) electrons. The number of ether oxygens (including phenoxy) is 1. The van der Waals surface area contributed by atoms with Gasteiger partial charge in [-0.05, 0) is 51.2 Å². The molecule has 2 fully saturated rings. The maximum absolute atomic E-state index is 6.16. The highest BCUT2D eigenvalue weighted by atomic mass is 16.7. The van der Waals surface area contributed by atoms with E-state index in [2.05, 4.69) is 32.7 Å². The maximum Gasteiger partial charge on any atom is 0.495 e. The summed E-state index contributed by atoms with van der Waals surface area (Å²) in [5, 5.41) is 0. The van der Waals surface area contributed by atoms with E-state index in [0.29, 0.717) is 5.92 Å². The lowest BCUT2D eigenvalue weighted by Crippen LogP contribution is -2.41. The van der Waals surface area contributed by atoms with E-state index in [4.69, 9.17) is 14.0 Å². The van der Waals surface area contributed by atoms with E-state index in [1.54, 1.807) is 6.20 Å². The van der Waals surface area contributed by atoms with Crippen molar-refractivity contribution in [2.24, 2.45) is 0 Å². The molecule has 1 aromatic rings. The quantitative estimate of drug-likeness (QED) is 0.773. The van der Waals surface area contributed by atoms with Crippen LogP contribution in [0.4, 0.5) is 0 Å². The third-order valence-electron chi connectivity index (χ3n) is 4.76. The summed E-state index contributed by atoms with van der Waals surface area (Å²) in [6, 6.07) is 2.01. The van der Waals surface area contributed by atoms with E-state index < -0.39 is 0 Å². The first kappa shape index (κ1) is 14.0. The van der Waals surface area contributed by atoms with Gasteiger partial charge in [0.05, 0.1) is 17.8 Å². The number of rotatable bonds is 2. The Hall–Kier alpha value is -0.905. The summed E-state index contributed by atoms with van der Waals surface area (Å²) in [6.07, 6.45) is 4.78. The van der Waals surface area contributed by atoms with Crippen molar-refractivity contribution in [3.63, 3.8) is 0 Å². The average Bonchev–Trinajstić information content (AvgIpc) is 2.97. The van der Waals surface area contributed by atoms with E-state index in [1.165, 1.54) is 5.56 Å². The zero-order valence-electron chi connectivity index (χ0n) is 12.7. The number of aromatic nitrogens is 1. The lowest BCUT2D eigenvalue weighted by Gasteiger charge is -2.32. The van der Waals surface area contributed by atoms with Crippen molar-refractivity contribution in [2.45, 2.75) is 51.2 Å². The third-order valence-corrected chi connectivity index (χ3v) is 4.76. The second kappa shape index (κ2) is 4.83. The first-order chi connectivity index (χ1) is 9.41. The molecule has 20 heavy (non-hydrogen) atoms. The van der Waals surface area contributed by atoms with Crippen LogP contribution in [0.15, 0.2) is 18.5 Å². The minimum atomic E-state index is -0.321. The van der Waals surface area contributed by atoms with Crippen molar-refractivity contribution < 1.29 is 14.0 Å². The van der Waals surface area contributed by atoms with E-state index in [0.717, 1.165) is 25.1 Å². The summed E-state index contributed by atoms with van der Waals surface area (Å²) in [5.74, 6) is 0.401. The normalized spacial score (nSPS) is 28.0. The van der Waals surface area contributed by atoms with Crippen LogP contribution in [0.1, 0.15) is 45.6 Å². The smallest absolute Gasteiger partial charge is 0.399 e. The summed E-state index contributed by atoms with van der Waals surface area (Å²) < 4.78 is 17.8. The van der Waals surface area contributed by atoms with Crippen LogP contribution in [0, 0.1) is 0 Å². The van der Waals surface area contributed by atoms with E-state index >= 15 is 0 Å². The standard InChI is InChI=1S/C15H22BNO3/c1-14(2)15(3,4)20-16(19-14)13-5-7-17-9-12(13)11-6-8-18-10-11/h5,7,9,11H,6,8,10H2,1-4H3. The summed E-state index contributed by atoms with van der Waals surface area (Å²) in [7, 11) is -0.321. The predicted octanol–water partition coefficient (Wildman–Crippen LogP) is 1.88. The van der Waals surface area contributed by atoms with Gasteiger partial charge in [-0.1, -0.05) is 0 Å². The Morgan fingerprint density at radius 2 is 1.90 bits per heavy atom. The Bertz CT molecular complexity index is 482. The van der Waals surface area contributed by atoms with Gasteiger partial charge in [0, 0.05) is 24.9 Å². The van der Waals surface area contributed by atoms with E-state index in [-0.39, 0.29) is 18.3 Å². The van der Waals surface area contributed by atoms with Crippen molar-refractivity contribution in [2.75, 3.05) is 13.2 Å². The molecular weight excluding hydrogens is 253 g/mol. The fourth-order valence-corrected chi connectivity index (χ4v) is 2.72. The summed E-state index contributed by atoms with van der Waals surface area (Å²) in [6.45, 7) is 9.89. The minimum Gasteiger partial charge on any atom is -0.399 e. The van der Waals surface area contributed by atoms with Gasteiger partial charge in [0.2, 0.25) is 0 Å².